The third kappa shape index (κ3) is 3.66. The standard InChI is InChI=1S/C17H19N5O/c1-2-22(10-7-13-5-8-18-9-6-13)17(23)21-14-3-4-15-16(11-14)20-12-19-15/h3-6,8-9,11-12H,2,7,10H2,1H3,(H,19,20)(H,21,23). The summed E-state index contributed by atoms with van der Waals surface area (Å²) in [6, 6.07) is 9.47. The Balaban J connectivity index is 1.62. The molecule has 0 radical (unpaired) electrons. The van der Waals surface area contributed by atoms with Crippen molar-refractivity contribution < 1.29 is 4.79 Å². The Hall–Kier alpha value is -2.89. The van der Waals surface area contributed by atoms with Crippen molar-refractivity contribution in [2.75, 3.05) is 18.4 Å². The van der Waals surface area contributed by atoms with E-state index >= 15 is 0 Å². The van der Waals surface area contributed by atoms with Crippen molar-refractivity contribution >= 4 is 22.8 Å². The van der Waals surface area contributed by atoms with E-state index in [1.165, 1.54) is 5.56 Å². The molecule has 0 fully saturated rings. The van der Waals surface area contributed by atoms with Gasteiger partial charge in [0.15, 0.2) is 0 Å². The van der Waals surface area contributed by atoms with Gasteiger partial charge in [-0.3, -0.25) is 4.98 Å². The fourth-order valence-electron chi connectivity index (χ4n) is 2.43. The van der Waals surface area contributed by atoms with E-state index in [1.54, 1.807) is 23.6 Å². The number of aromatic amines is 1. The molecule has 3 rings (SSSR count). The average Bonchev–Trinajstić information content (AvgIpc) is 3.04. The first-order valence-corrected chi connectivity index (χ1v) is 7.64. The Morgan fingerprint density at radius 1 is 1.26 bits per heavy atom. The molecular formula is C17H19N5O. The minimum Gasteiger partial charge on any atom is -0.345 e. The summed E-state index contributed by atoms with van der Waals surface area (Å²) in [6.45, 7) is 3.30. The predicted molar refractivity (Wildman–Crippen MR) is 90.3 cm³/mol. The SMILES string of the molecule is CCN(CCc1ccncc1)C(=O)Nc1ccc2nc[nH]c2c1. The van der Waals surface area contributed by atoms with Gasteiger partial charge in [-0.25, -0.2) is 9.78 Å². The van der Waals surface area contributed by atoms with Crippen molar-refractivity contribution in [3.05, 3.63) is 54.6 Å². The third-order valence-corrected chi connectivity index (χ3v) is 3.76. The van der Waals surface area contributed by atoms with Gasteiger partial charge in [-0.2, -0.15) is 0 Å². The third-order valence-electron chi connectivity index (χ3n) is 3.76. The molecule has 0 spiro atoms. The topological polar surface area (TPSA) is 73.9 Å². The smallest absolute Gasteiger partial charge is 0.321 e. The van der Waals surface area contributed by atoms with E-state index in [0.29, 0.717) is 13.1 Å². The Morgan fingerprint density at radius 2 is 2.09 bits per heavy atom. The van der Waals surface area contributed by atoms with Crippen molar-refractivity contribution in [2.45, 2.75) is 13.3 Å². The summed E-state index contributed by atoms with van der Waals surface area (Å²) in [5.74, 6) is 0. The van der Waals surface area contributed by atoms with Gasteiger partial charge in [-0.1, -0.05) is 0 Å². The van der Waals surface area contributed by atoms with Gasteiger partial charge in [0.05, 0.1) is 17.4 Å². The number of urea groups is 1. The van der Waals surface area contributed by atoms with E-state index in [1.807, 2.05) is 37.3 Å². The van der Waals surface area contributed by atoms with Gasteiger partial charge < -0.3 is 15.2 Å². The molecule has 1 aromatic carbocycles. The number of carbonyl (C=O) groups excluding carboxylic acids is 1. The first kappa shape index (κ1) is 15.0. The van der Waals surface area contributed by atoms with Crippen LogP contribution in [0.25, 0.3) is 11.0 Å². The fraction of sp³-hybridized carbons (Fsp3) is 0.235. The van der Waals surface area contributed by atoms with Crippen molar-refractivity contribution in [2.24, 2.45) is 0 Å². The van der Waals surface area contributed by atoms with Gasteiger partial charge in [-0.05, 0) is 49.2 Å². The summed E-state index contributed by atoms with van der Waals surface area (Å²) >= 11 is 0. The fourth-order valence-corrected chi connectivity index (χ4v) is 2.43. The van der Waals surface area contributed by atoms with Crippen LogP contribution in [0.3, 0.4) is 0 Å². The zero-order valence-electron chi connectivity index (χ0n) is 13.0. The summed E-state index contributed by atoms with van der Waals surface area (Å²) in [6.07, 6.45) is 5.99. The molecule has 0 saturated carbocycles. The number of hydrogen-bond acceptors (Lipinski definition) is 3. The second-order valence-corrected chi connectivity index (χ2v) is 5.25. The van der Waals surface area contributed by atoms with Crippen LogP contribution in [-0.4, -0.2) is 39.0 Å². The summed E-state index contributed by atoms with van der Waals surface area (Å²) in [5.41, 5.74) is 3.72. The number of hydrogen-bond donors (Lipinski definition) is 2. The summed E-state index contributed by atoms with van der Waals surface area (Å²) < 4.78 is 0. The van der Waals surface area contributed by atoms with Crippen LogP contribution < -0.4 is 5.32 Å². The van der Waals surface area contributed by atoms with Crippen LogP contribution in [-0.2, 0) is 6.42 Å². The first-order valence-electron chi connectivity index (χ1n) is 7.64. The van der Waals surface area contributed by atoms with Crippen LogP contribution >= 0.6 is 0 Å². The lowest BCUT2D eigenvalue weighted by Crippen LogP contribution is -2.36. The quantitative estimate of drug-likeness (QED) is 0.760. The number of aromatic nitrogens is 3. The number of rotatable bonds is 5. The number of carbonyl (C=O) groups is 1. The second-order valence-electron chi connectivity index (χ2n) is 5.25. The van der Waals surface area contributed by atoms with E-state index in [0.717, 1.165) is 23.1 Å². The number of nitrogens with one attached hydrogen (secondary N) is 2. The van der Waals surface area contributed by atoms with Crippen LogP contribution in [0.4, 0.5) is 10.5 Å². The van der Waals surface area contributed by atoms with Gasteiger partial charge in [-0.15, -0.1) is 0 Å². The molecule has 0 bridgehead atoms. The van der Waals surface area contributed by atoms with E-state index < -0.39 is 0 Å². The molecule has 6 nitrogen and oxygen atoms in total. The number of nitrogens with zero attached hydrogens (tertiary/aromatic N) is 3. The molecule has 118 valence electrons. The van der Waals surface area contributed by atoms with Crippen molar-refractivity contribution in [3.63, 3.8) is 0 Å². The predicted octanol–water partition coefficient (Wildman–Crippen LogP) is 3.05. The number of amides is 2. The largest absolute Gasteiger partial charge is 0.345 e. The van der Waals surface area contributed by atoms with Crippen LogP contribution in [0.15, 0.2) is 49.1 Å². The Bertz CT molecular complexity index is 784. The van der Waals surface area contributed by atoms with Gasteiger partial charge in [0.1, 0.15) is 0 Å². The zero-order valence-corrected chi connectivity index (χ0v) is 13.0. The van der Waals surface area contributed by atoms with Crippen LogP contribution in [0.1, 0.15) is 12.5 Å². The molecule has 0 aliphatic rings. The molecule has 23 heavy (non-hydrogen) atoms. The maximum atomic E-state index is 12.4. The van der Waals surface area contributed by atoms with Crippen LogP contribution in [0.2, 0.25) is 0 Å². The maximum Gasteiger partial charge on any atom is 0.321 e. The highest BCUT2D eigenvalue weighted by Gasteiger charge is 2.12. The lowest BCUT2D eigenvalue weighted by Gasteiger charge is -2.21. The minimum atomic E-state index is -0.0968. The average molecular weight is 309 g/mol. The van der Waals surface area contributed by atoms with E-state index in [-0.39, 0.29) is 6.03 Å². The van der Waals surface area contributed by atoms with Gasteiger partial charge >= 0.3 is 6.03 Å². The molecule has 6 heteroatoms. The maximum absolute atomic E-state index is 12.4. The number of likely N-dealkylation sites (N-methyl/N-ethyl adjacent to an activating group) is 1. The summed E-state index contributed by atoms with van der Waals surface area (Å²) in [4.78, 5) is 25.4. The van der Waals surface area contributed by atoms with Crippen LogP contribution in [0, 0.1) is 0 Å². The normalized spacial score (nSPS) is 10.7. The lowest BCUT2D eigenvalue weighted by atomic mass is 10.2. The first-order chi connectivity index (χ1) is 11.3. The second kappa shape index (κ2) is 6.91. The molecule has 2 N–H and O–H groups in total. The molecule has 2 amide bonds. The number of H-pyrrole nitrogens is 1. The lowest BCUT2D eigenvalue weighted by molar-refractivity contribution is 0.215. The number of imidazole rings is 1. The highest BCUT2D eigenvalue weighted by atomic mass is 16.2. The van der Waals surface area contributed by atoms with E-state index in [2.05, 4.69) is 20.3 Å². The summed E-state index contributed by atoms with van der Waals surface area (Å²) in [5, 5.41) is 2.94. The van der Waals surface area contributed by atoms with Gasteiger partial charge in [0.2, 0.25) is 0 Å². The summed E-state index contributed by atoms with van der Waals surface area (Å²) in [7, 11) is 0. The molecule has 0 aliphatic heterocycles. The van der Waals surface area contributed by atoms with Crippen molar-refractivity contribution in [1.82, 2.24) is 19.9 Å². The van der Waals surface area contributed by atoms with Crippen LogP contribution in [0.5, 0.6) is 0 Å². The van der Waals surface area contributed by atoms with Gasteiger partial charge in [0.25, 0.3) is 0 Å². The Labute approximate surface area is 134 Å². The number of benzene rings is 1. The number of pyridine rings is 1. The molecule has 0 unspecified atom stereocenters. The molecule has 0 aliphatic carbocycles. The molecule has 3 aromatic rings. The van der Waals surface area contributed by atoms with Crippen molar-refractivity contribution in [3.8, 4) is 0 Å². The molecular weight excluding hydrogens is 290 g/mol. The Morgan fingerprint density at radius 3 is 2.87 bits per heavy atom. The number of fused-ring (bicyclic) bond motifs is 1. The van der Waals surface area contributed by atoms with E-state index in [9.17, 15) is 4.79 Å². The van der Waals surface area contributed by atoms with Crippen molar-refractivity contribution in [1.29, 1.82) is 0 Å². The molecule has 2 heterocycles. The van der Waals surface area contributed by atoms with E-state index in [4.69, 9.17) is 0 Å². The van der Waals surface area contributed by atoms with Gasteiger partial charge in [0, 0.05) is 31.2 Å². The zero-order chi connectivity index (χ0) is 16.1. The Kier molecular flexibility index (Phi) is 4.52. The monoisotopic (exact) mass is 309 g/mol. The molecule has 0 atom stereocenters. The molecule has 2 aromatic heterocycles. The highest BCUT2D eigenvalue weighted by Crippen LogP contribution is 2.16. The highest BCUT2D eigenvalue weighted by molar-refractivity contribution is 5.91. The molecule has 0 saturated heterocycles. The number of anilines is 1. The minimum absolute atomic E-state index is 0.0968.